The molecule has 1 aromatic carbocycles. The van der Waals surface area contributed by atoms with Crippen molar-refractivity contribution in [3.8, 4) is 5.75 Å². The number of nitrogen functional groups attached to an aromatic ring is 1. The first kappa shape index (κ1) is 16.7. The van der Waals surface area contributed by atoms with E-state index in [0.29, 0.717) is 12.2 Å². The summed E-state index contributed by atoms with van der Waals surface area (Å²) >= 11 is 0. The number of ether oxygens (including phenoxy) is 1. The lowest BCUT2D eigenvalue weighted by Crippen LogP contribution is -2.49. The van der Waals surface area contributed by atoms with E-state index in [0.717, 1.165) is 0 Å². The van der Waals surface area contributed by atoms with Gasteiger partial charge in [-0.15, -0.1) is 0 Å². The number of nitrogens with zero attached hydrogens (tertiary/aromatic N) is 2. The van der Waals surface area contributed by atoms with Gasteiger partial charge in [0.2, 0.25) is 5.91 Å². The Morgan fingerprint density at radius 1 is 1.36 bits per heavy atom. The number of carbonyl (C=O) groups excluding carboxylic acids is 2. The van der Waals surface area contributed by atoms with Gasteiger partial charge in [-0.25, -0.2) is 9.37 Å². The highest BCUT2D eigenvalue weighted by Gasteiger charge is 2.35. The second kappa shape index (κ2) is 6.76. The molecule has 0 saturated heterocycles. The summed E-state index contributed by atoms with van der Waals surface area (Å²) in [5.41, 5.74) is 5.72. The molecule has 1 aromatic heterocycles. The van der Waals surface area contributed by atoms with Gasteiger partial charge >= 0.3 is 0 Å². The van der Waals surface area contributed by atoms with Crippen LogP contribution >= 0.6 is 0 Å². The SMILES string of the molecule is CCC1Oc2ccc(N)nc2N(CC(=O)Nc2ccccc2F)C1=O. The maximum absolute atomic E-state index is 13.7. The number of fused-ring (bicyclic) bond motifs is 1. The summed E-state index contributed by atoms with van der Waals surface area (Å²) in [6, 6.07) is 8.95. The lowest BCUT2D eigenvalue weighted by molar-refractivity contribution is -0.128. The van der Waals surface area contributed by atoms with Crippen molar-refractivity contribution in [3.63, 3.8) is 0 Å². The first-order valence-corrected chi connectivity index (χ1v) is 7.78. The number of amides is 2. The average molecular weight is 344 g/mol. The largest absolute Gasteiger partial charge is 0.477 e. The van der Waals surface area contributed by atoms with Gasteiger partial charge in [0.25, 0.3) is 5.91 Å². The topological polar surface area (TPSA) is 97.6 Å². The molecule has 2 amide bonds. The van der Waals surface area contributed by atoms with Crippen molar-refractivity contribution in [2.45, 2.75) is 19.4 Å². The Kier molecular flexibility index (Phi) is 4.51. The summed E-state index contributed by atoms with van der Waals surface area (Å²) in [5, 5.41) is 2.45. The van der Waals surface area contributed by atoms with E-state index in [1.807, 2.05) is 0 Å². The normalized spacial score (nSPS) is 16.2. The number of anilines is 3. The molecule has 1 atom stereocenters. The molecule has 2 aromatic rings. The van der Waals surface area contributed by atoms with Crippen molar-refractivity contribution in [1.29, 1.82) is 0 Å². The van der Waals surface area contributed by atoms with Crippen LogP contribution < -0.4 is 20.7 Å². The van der Waals surface area contributed by atoms with Crippen LogP contribution in [0.3, 0.4) is 0 Å². The van der Waals surface area contributed by atoms with Crippen LogP contribution in [0, 0.1) is 5.82 Å². The van der Waals surface area contributed by atoms with Crippen LogP contribution in [0.4, 0.5) is 21.7 Å². The first-order valence-electron chi connectivity index (χ1n) is 7.78. The zero-order valence-electron chi connectivity index (χ0n) is 13.5. The molecule has 8 heteroatoms. The van der Waals surface area contributed by atoms with E-state index in [1.165, 1.54) is 23.1 Å². The minimum absolute atomic E-state index is 0.0426. The number of nitrogens with two attached hydrogens (primary N) is 1. The molecular weight excluding hydrogens is 327 g/mol. The third kappa shape index (κ3) is 3.37. The molecular formula is C17H17FN4O3. The summed E-state index contributed by atoms with van der Waals surface area (Å²) < 4.78 is 19.3. The van der Waals surface area contributed by atoms with Crippen LogP contribution in [0.5, 0.6) is 5.75 Å². The Hall–Kier alpha value is -3.16. The van der Waals surface area contributed by atoms with Crippen LogP contribution in [-0.2, 0) is 9.59 Å². The number of para-hydroxylation sites is 1. The van der Waals surface area contributed by atoms with Crippen molar-refractivity contribution in [1.82, 2.24) is 4.98 Å². The van der Waals surface area contributed by atoms with Gasteiger partial charge in [-0.3, -0.25) is 14.5 Å². The van der Waals surface area contributed by atoms with Crippen LogP contribution in [0.2, 0.25) is 0 Å². The third-order valence-corrected chi connectivity index (χ3v) is 3.75. The molecule has 1 aliphatic heterocycles. The summed E-state index contributed by atoms with van der Waals surface area (Å²) in [6.07, 6.45) is -0.271. The van der Waals surface area contributed by atoms with E-state index in [-0.39, 0.29) is 23.9 Å². The van der Waals surface area contributed by atoms with Gasteiger partial charge in [0.1, 0.15) is 18.2 Å². The number of benzene rings is 1. The summed E-state index contributed by atoms with van der Waals surface area (Å²) in [5.74, 6) is -0.747. The minimum Gasteiger partial charge on any atom is -0.477 e. The fraction of sp³-hybridized carbons (Fsp3) is 0.235. The zero-order valence-corrected chi connectivity index (χ0v) is 13.5. The second-order valence-corrected chi connectivity index (χ2v) is 5.53. The van der Waals surface area contributed by atoms with Gasteiger partial charge in [-0.2, -0.15) is 0 Å². The molecule has 3 rings (SSSR count). The molecule has 130 valence electrons. The number of rotatable bonds is 4. The highest BCUT2D eigenvalue weighted by atomic mass is 19.1. The van der Waals surface area contributed by atoms with E-state index in [1.54, 1.807) is 25.1 Å². The molecule has 0 radical (unpaired) electrons. The Bertz CT molecular complexity index is 827. The summed E-state index contributed by atoms with van der Waals surface area (Å²) in [6.45, 7) is 1.48. The van der Waals surface area contributed by atoms with Gasteiger partial charge in [0.15, 0.2) is 17.7 Å². The summed E-state index contributed by atoms with van der Waals surface area (Å²) in [7, 11) is 0. The molecule has 25 heavy (non-hydrogen) atoms. The van der Waals surface area contributed by atoms with Crippen LogP contribution in [0.1, 0.15) is 13.3 Å². The number of aromatic nitrogens is 1. The number of nitrogens with one attached hydrogen (secondary N) is 1. The van der Waals surface area contributed by atoms with E-state index >= 15 is 0 Å². The number of carbonyl (C=O) groups is 2. The van der Waals surface area contributed by atoms with E-state index in [2.05, 4.69) is 10.3 Å². The molecule has 3 N–H and O–H groups in total. The molecule has 0 bridgehead atoms. The lowest BCUT2D eigenvalue weighted by atomic mass is 10.2. The van der Waals surface area contributed by atoms with Gasteiger partial charge in [0.05, 0.1) is 5.69 Å². The summed E-state index contributed by atoms with van der Waals surface area (Å²) in [4.78, 5) is 30.2. The quantitative estimate of drug-likeness (QED) is 0.883. The Labute approximate surface area is 143 Å². The van der Waals surface area contributed by atoms with Crippen molar-refractivity contribution in [3.05, 3.63) is 42.2 Å². The third-order valence-electron chi connectivity index (χ3n) is 3.75. The van der Waals surface area contributed by atoms with Crippen LogP contribution in [-0.4, -0.2) is 29.4 Å². The van der Waals surface area contributed by atoms with Gasteiger partial charge in [0, 0.05) is 0 Å². The molecule has 7 nitrogen and oxygen atoms in total. The van der Waals surface area contributed by atoms with Crippen LogP contribution in [0.25, 0.3) is 0 Å². The maximum Gasteiger partial charge on any atom is 0.269 e. The molecule has 0 fully saturated rings. The predicted molar refractivity (Wildman–Crippen MR) is 90.7 cm³/mol. The maximum atomic E-state index is 13.7. The van der Waals surface area contributed by atoms with Gasteiger partial charge in [-0.05, 0) is 30.7 Å². The number of halogens is 1. The molecule has 1 aliphatic rings. The molecule has 2 heterocycles. The molecule has 0 spiro atoms. The highest BCUT2D eigenvalue weighted by Crippen LogP contribution is 2.33. The predicted octanol–water partition coefficient (Wildman–Crippen LogP) is 1.95. The highest BCUT2D eigenvalue weighted by molar-refractivity contribution is 6.05. The molecule has 0 aliphatic carbocycles. The zero-order chi connectivity index (χ0) is 18.0. The minimum atomic E-state index is -0.709. The van der Waals surface area contributed by atoms with Crippen molar-refractivity contribution >= 4 is 29.1 Å². The van der Waals surface area contributed by atoms with E-state index in [9.17, 15) is 14.0 Å². The molecule has 0 saturated carbocycles. The van der Waals surface area contributed by atoms with Crippen molar-refractivity contribution in [2.75, 3.05) is 22.5 Å². The fourth-order valence-corrected chi connectivity index (χ4v) is 2.52. The van der Waals surface area contributed by atoms with Crippen molar-refractivity contribution in [2.24, 2.45) is 0 Å². The second-order valence-electron chi connectivity index (χ2n) is 5.53. The smallest absolute Gasteiger partial charge is 0.269 e. The molecule has 1 unspecified atom stereocenters. The van der Waals surface area contributed by atoms with E-state index in [4.69, 9.17) is 10.5 Å². The lowest BCUT2D eigenvalue weighted by Gasteiger charge is -2.32. The fourth-order valence-electron chi connectivity index (χ4n) is 2.52. The van der Waals surface area contributed by atoms with Crippen molar-refractivity contribution < 1.29 is 18.7 Å². The van der Waals surface area contributed by atoms with E-state index < -0.39 is 23.7 Å². The van der Waals surface area contributed by atoms with Gasteiger partial charge in [-0.1, -0.05) is 19.1 Å². The Balaban J connectivity index is 1.85. The average Bonchev–Trinajstić information content (AvgIpc) is 2.59. The first-order chi connectivity index (χ1) is 12.0. The van der Waals surface area contributed by atoms with Gasteiger partial charge < -0.3 is 15.8 Å². The Morgan fingerprint density at radius 3 is 2.84 bits per heavy atom. The number of hydrogen-bond donors (Lipinski definition) is 2. The number of pyridine rings is 1. The monoisotopic (exact) mass is 344 g/mol. The van der Waals surface area contributed by atoms with Crippen LogP contribution in [0.15, 0.2) is 36.4 Å². The Morgan fingerprint density at radius 2 is 2.12 bits per heavy atom. The number of hydrogen-bond acceptors (Lipinski definition) is 5. The standard InChI is InChI=1S/C17H17FN4O3/c1-2-12-17(24)22(16-13(25-12)7-8-14(19)21-16)9-15(23)20-11-6-4-3-5-10(11)18/h3-8,12H,2,9H2,1H3,(H2,19,21)(H,20,23).